The Balaban J connectivity index is 3.03. The molecule has 2 N–H and O–H groups in total. The lowest BCUT2D eigenvalue weighted by molar-refractivity contribution is 0.139. The molecule has 1 rings (SSSR count). The first-order valence-electron chi connectivity index (χ1n) is 6.61. The molecule has 0 radical (unpaired) electrons. The van der Waals surface area contributed by atoms with E-state index in [4.69, 9.17) is 22.6 Å². The van der Waals surface area contributed by atoms with Crippen molar-refractivity contribution in [2.75, 3.05) is 6.54 Å². The van der Waals surface area contributed by atoms with Crippen molar-refractivity contribution < 1.29 is 0 Å². The zero-order chi connectivity index (χ0) is 14.4. The molecule has 2 unspecified atom stereocenters. The summed E-state index contributed by atoms with van der Waals surface area (Å²) in [7, 11) is 0. The van der Waals surface area contributed by atoms with Gasteiger partial charge in [-0.25, -0.2) is 0 Å². The molecule has 1 aromatic rings. The first kappa shape index (κ1) is 16.0. The maximum Gasteiger partial charge on any atom is 0.0635 e. The summed E-state index contributed by atoms with van der Waals surface area (Å²) in [6.07, 6.45) is 0.509. The molecule has 4 heteroatoms. The standard InChI is InChI=1S/C15H22ClN3/c1-11(2)19(10-4-9-17)15(12(3)18)13-5-7-14(16)8-6-13/h5-8,11-12,15H,4,10,18H2,1-3H3. The summed E-state index contributed by atoms with van der Waals surface area (Å²) in [5.41, 5.74) is 7.30. The number of rotatable bonds is 6. The van der Waals surface area contributed by atoms with Gasteiger partial charge in [0.05, 0.1) is 6.07 Å². The van der Waals surface area contributed by atoms with Gasteiger partial charge < -0.3 is 5.73 Å². The normalized spacial score (nSPS) is 14.4. The van der Waals surface area contributed by atoms with E-state index in [1.54, 1.807) is 0 Å². The van der Waals surface area contributed by atoms with Crippen LogP contribution in [0.15, 0.2) is 24.3 Å². The molecule has 1 aromatic carbocycles. The van der Waals surface area contributed by atoms with E-state index in [1.165, 1.54) is 0 Å². The van der Waals surface area contributed by atoms with Crippen LogP contribution in [0.25, 0.3) is 0 Å². The minimum atomic E-state index is -0.0118. The molecule has 0 amide bonds. The Hall–Kier alpha value is -1.08. The van der Waals surface area contributed by atoms with E-state index in [1.807, 2.05) is 31.2 Å². The quantitative estimate of drug-likeness (QED) is 0.869. The van der Waals surface area contributed by atoms with Gasteiger partial charge in [-0.2, -0.15) is 5.26 Å². The Morgan fingerprint density at radius 2 is 1.84 bits per heavy atom. The predicted octanol–water partition coefficient (Wildman–Crippen LogP) is 3.35. The lowest BCUT2D eigenvalue weighted by Crippen LogP contribution is -2.43. The number of benzene rings is 1. The monoisotopic (exact) mass is 279 g/mol. The molecular formula is C15H22ClN3. The number of hydrogen-bond acceptors (Lipinski definition) is 3. The minimum Gasteiger partial charge on any atom is -0.326 e. The van der Waals surface area contributed by atoms with E-state index in [2.05, 4.69) is 24.8 Å². The number of nitrogens with two attached hydrogens (primary N) is 1. The van der Waals surface area contributed by atoms with Crippen LogP contribution in [0.5, 0.6) is 0 Å². The number of nitrogens with zero attached hydrogens (tertiary/aromatic N) is 2. The fraction of sp³-hybridized carbons (Fsp3) is 0.533. The van der Waals surface area contributed by atoms with Crippen LogP contribution in [0, 0.1) is 11.3 Å². The van der Waals surface area contributed by atoms with E-state index in [0.29, 0.717) is 12.5 Å². The second kappa shape index (κ2) is 7.49. The van der Waals surface area contributed by atoms with Crippen LogP contribution < -0.4 is 5.73 Å². The topological polar surface area (TPSA) is 53.0 Å². The molecule has 0 saturated carbocycles. The minimum absolute atomic E-state index is 0.0118. The van der Waals surface area contributed by atoms with Crippen molar-refractivity contribution in [2.45, 2.75) is 45.3 Å². The lowest BCUT2D eigenvalue weighted by Gasteiger charge is -2.37. The van der Waals surface area contributed by atoms with E-state index >= 15 is 0 Å². The Morgan fingerprint density at radius 1 is 1.26 bits per heavy atom. The summed E-state index contributed by atoms with van der Waals surface area (Å²) in [6.45, 7) is 6.98. The van der Waals surface area contributed by atoms with Crippen LogP contribution in [0.1, 0.15) is 38.8 Å². The van der Waals surface area contributed by atoms with Crippen LogP contribution in [0.2, 0.25) is 5.02 Å². The van der Waals surface area contributed by atoms with Gasteiger partial charge in [0.15, 0.2) is 0 Å². The fourth-order valence-corrected chi connectivity index (χ4v) is 2.48. The van der Waals surface area contributed by atoms with E-state index in [-0.39, 0.29) is 12.1 Å². The molecule has 3 nitrogen and oxygen atoms in total. The third kappa shape index (κ3) is 4.50. The number of hydrogen-bond donors (Lipinski definition) is 1. The zero-order valence-corrected chi connectivity index (χ0v) is 12.6. The van der Waals surface area contributed by atoms with Gasteiger partial charge in [0.25, 0.3) is 0 Å². The summed E-state index contributed by atoms with van der Waals surface area (Å²) in [6, 6.07) is 10.4. The second-order valence-corrected chi connectivity index (χ2v) is 5.53. The Morgan fingerprint density at radius 3 is 2.26 bits per heavy atom. The van der Waals surface area contributed by atoms with Gasteiger partial charge in [-0.3, -0.25) is 4.90 Å². The molecule has 104 valence electrons. The summed E-state index contributed by atoms with van der Waals surface area (Å²) < 4.78 is 0. The zero-order valence-electron chi connectivity index (χ0n) is 11.8. The Bertz CT molecular complexity index is 420. The third-order valence-electron chi connectivity index (χ3n) is 3.21. The van der Waals surface area contributed by atoms with Crippen molar-refractivity contribution in [1.82, 2.24) is 4.90 Å². The molecule has 0 saturated heterocycles. The van der Waals surface area contributed by atoms with Crippen LogP contribution in [-0.2, 0) is 0 Å². The Labute approximate surface area is 121 Å². The predicted molar refractivity (Wildman–Crippen MR) is 79.9 cm³/mol. The van der Waals surface area contributed by atoms with Crippen molar-refractivity contribution in [2.24, 2.45) is 5.73 Å². The van der Waals surface area contributed by atoms with Gasteiger partial charge in [0, 0.05) is 36.1 Å². The van der Waals surface area contributed by atoms with Crippen LogP contribution in [0.3, 0.4) is 0 Å². The number of halogens is 1. The van der Waals surface area contributed by atoms with E-state index in [9.17, 15) is 0 Å². The smallest absolute Gasteiger partial charge is 0.0635 e. The van der Waals surface area contributed by atoms with Gasteiger partial charge in [-0.15, -0.1) is 0 Å². The molecular weight excluding hydrogens is 258 g/mol. The number of nitriles is 1. The highest BCUT2D eigenvalue weighted by Gasteiger charge is 2.25. The third-order valence-corrected chi connectivity index (χ3v) is 3.46. The van der Waals surface area contributed by atoms with Gasteiger partial charge in [0.1, 0.15) is 0 Å². The van der Waals surface area contributed by atoms with Crippen molar-refractivity contribution >= 4 is 11.6 Å². The average Bonchev–Trinajstić information content (AvgIpc) is 2.35. The molecule has 0 aliphatic rings. The molecule has 0 aliphatic carbocycles. The van der Waals surface area contributed by atoms with E-state index in [0.717, 1.165) is 17.1 Å². The molecule has 0 bridgehead atoms. The molecule has 0 heterocycles. The SMILES string of the molecule is CC(N)C(c1ccc(Cl)cc1)N(CCC#N)C(C)C. The largest absolute Gasteiger partial charge is 0.326 e. The van der Waals surface area contributed by atoms with Crippen molar-refractivity contribution in [1.29, 1.82) is 5.26 Å². The first-order chi connectivity index (χ1) is 8.97. The second-order valence-electron chi connectivity index (χ2n) is 5.10. The van der Waals surface area contributed by atoms with Crippen molar-refractivity contribution in [3.63, 3.8) is 0 Å². The van der Waals surface area contributed by atoms with Crippen LogP contribution >= 0.6 is 11.6 Å². The maximum absolute atomic E-state index is 8.80. The van der Waals surface area contributed by atoms with Crippen LogP contribution in [0.4, 0.5) is 0 Å². The highest BCUT2D eigenvalue weighted by Crippen LogP contribution is 2.27. The Kier molecular flexibility index (Phi) is 6.30. The van der Waals surface area contributed by atoms with Gasteiger partial charge in [-0.1, -0.05) is 23.7 Å². The summed E-state index contributed by atoms with van der Waals surface area (Å²) in [4.78, 5) is 2.27. The van der Waals surface area contributed by atoms with Crippen LogP contribution in [-0.4, -0.2) is 23.5 Å². The molecule has 19 heavy (non-hydrogen) atoms. The highest BCUT2D eigenvalue weighted by atomic mass is 35.5. The van der Waals surface area contributed by atoms with Gasteiger partial charge in [0.2, 0.25) is 0 Å². The average molecular weight is 280 g/mol. The van der Waals surface area contributed by atoms with E-state index < -0.39 is 0 Å². The summed E-state index contributed by atoms with van der Waals surface area (Å²) in [5.74, 6) is 0. The first-order valence-corrected chi connectivity index (χ1v) is 6.99. The molecule has 0 aromatic heterocycles. The fourth-order valence-electron chi connectivity index (χ4n) is 2.35. The molecule has 0 aliphatic heterocycles. The molecule has 0 fully saturated rings. The highest BCUT2D eigenvalue weighted by molar-refractivity contribution is 6.30. The summed E-state index contributed by atoms with van der Waals surface area (Å²) >= 11 is 5.93. The lowest BCUT2D eigenvalue weighted by atomic mass is 9.97. The van der Waals surface area contributed by atoms with Gasteiger partial charge >= 0.3 is 0 Å². The van der Waals surface area contributed by atoms with Crippen molar-refractivity contribution in [3.8, 4) is 6.07 Å². The maximum atomic E-state index is 8.80. The molecule has 2 atom stereocenters. The molecule has 0 spiro atoms. The summed E-state index contributed by atoms with van der Waals surface area (Å²) in [5, 5.41) is 9.52. The van der Waals surface area contributed by atoms with Gasteiger partial charge in [-0.05, 0) is 38.5 Å². The van der Waals surface area contributed by atoms with Crippen molar-refractivity contribution in [3.05, 3.63) is 34.9 Å².